The molecule has 33 heavy (non-hydrogen) atoms. The van der Waals surface area contributed by atoms with Crippen molar-refractivity contribution >= 4 is 33.0 Å². The number of benzene rings is 3. The Bertz CT molecular complexity index is 1410. The van der Waals surface area contributed by atoms with E-state index in [0.717, 1.165) is 22.3 Å². The average molecular weight is 461 g/mol. The van der Waals surface area contributed by atoms with Crippen molar-refractivity contribution in [2.75, 3.05) is 15.6 Å². The first-order chi connectivity index (χ1) is 15.6. The second kappa shape index (κ2) is 7.28. The first-order valence-corrected chi connectivity index (χ1v) is 12.4. The number of carbonyl (C=O) groups excluding carboxylic acids is 2. The van der Waals surface area contributed by atoms with Gasteiger partial charge in [0, 0.05) is 11.3 Å². The normalized spacial score (nSPS) is 21.2. The zero-order valence-corrected chi connectivity index (χ0v) is 19.5. The molecule has 3 aromatic carbocycles. The molecular formula is C26H24N2O4S. The van der Waals surface area contributed by atoms with E-state index in [1.807, 2.05) is 51.1 Å². The predicted octanol–water partition coefficient (Wildman–Crippen LogP) is 3.77. The van der Waals surface area contributed by atoms with Gasteiger partial charge in [0.2, 0.25) is 5.91 Å². The smallest absolute Gasteiger partial charge is 0.274 e. The molecule has 0 radical (unpaired) electrons. The molecule has 2 amide bonds. The number of rotatable bonds is 3. The number of para-hydroxylation sites is 1. The summed E-state index contributed by atoms with van der Waals surface area (Å²) in [5, 5.41) is 0. The molecule has 0 aliphatic carbocycles. The summed E-state index contributed by atoms with van der Waals surface area (Å²) in [6.45, 7) is 5.94. The Morgan fingerprint density at radius 3 is 2.24 bits per heavy atom. The Labute approximate surface area is 193 Å². The summed E-state index contributed by atoms with van der Waals surface area (Å²) in [6, 6.07) is 20.1. The van der Waals surface area contributed by atoms with E-state index < -0.39 is 32.3 Å². The molecule has 1 saturated heterocycles. The number of amides is 2. The van der Waals surface area contributed by atoms with E-state index in [4.69, 9.17) is 0 Å². The fourth-order valence-electron chi connectivity index (χ4n) is 5.12. The van der Waals surface area contributed by atoms with Crippen molar-refractivity contribution < 1.29 is 18.0 Å². The van der Waals surface area contributed by atoms with E-state index in [1.54, 1.807) is 36.4 Å². The highest BCUT2D eigenvalue weighted by molar-refractivity contribution is 7.94. The summed E-state index contributed by atoms with van der Waals surface area (Å²) in [4.78, 5) is 28.0. The van der Waals surface area contributed by atoms with Crippen LogP contribution in [0.3, 0.4) is 0 Å². The Morgan fingerprint density at radius 2 is 1.55 bits per heavy atom. The van der Waals surface area contributed by atoms with Crippen LogP contribution in [0.15, 0.2) is 66.7 Å². The molecule has 1 atom stereocenters. The topological polar surface area (TPSA) is 74.8 Å². The lowest BCUT2D eigenvalue weighted by Crippen LogP contribution is -2.54. The van der Waals surface area contributed by atoms with Crippen LogP contribution >= 0.6 is 0 Å². The van der Waals surface area contributed by atoms with Gasteiger partial charge in [-0.3, -0.25) is 14.5 Å². The number of carbonyl (C=O) groups is 2. The lowest BCUT2D eigenvalue weighted by molar-refractivity contribution is -0.123. The molecule has 5 rings (SSSR count). The van der Waals surface area contributed by atoms with Gasteiger partial charge in [-0.05, 0) is 55.7 Å². The van der Waals surface area contributed by atoms with E-state index in [-0.39, 0.29) is 6.54 Å². The lowest BCUT2D eigenvalue weighted by atomic mass is 10.0. The number of anilines is 2. The molecule has 0 bridgehead atoms. The van der Waals surface area contributed by atoms with E-state index in [9.17, 15) is 18.0 Å². The molecule has 2 aliphatic rings. The van der Waals surface area contributed by atoms with Crippen LogP contribution < -0.4 is 9.80 Å². The number of aryl methyl sites for hydroxylation is 3. The van der Waals surface area contributed by atoms with E-state index >= 15 is 0 Å². The van der Waals surface area contributed by atoms with Gasteiger partial charge >= 0.3 is 0 Å². The highest BCUT2D eigenvalue weighted by atomic mass is 32.2. The van der Waals surface area contributed by atoms with Crippen LogP contribution in [0.5, 0.6) is 0 Å². The van der Waals surface area contributed by atoms with Crippen LogP contribution in [-0.2, 0) is 30.8 Å². The summed E-state index contributed by atoms with van der Waals surface area (Å²) in [5.41, 5.74) is 4.95. The molecule has 0 unspecified atom stereocenters. The fraction of sp³-hybridized carbons (Fsp3) is 0.231. The van der Waals surface area contributed by atoms with Crippen LogP contribution in [0.1, 0.15) is 27.8 Å². The number of hydrogen-bond acceptors (Lipinski definition) is 4. The summed E-state index contributed by atoms with van der Waals surface area (Å²) in [6.07, 6.45) is 0. The third-order valence-electron chi connectivity index (χ3n) is 6.31. The first kappa shape index (κ1) is 21.4. The molecule has 168 valence electrons. The van der Waals surface area contributed by atoms with Gasteiger partial charge in [-0.2, -0.15) is 0 Å². The summed E-state index contributed by atoms with van der Waals surface area (Å²) in [5.74, 6) is -1.92. The highest BCUT2D eigenvalue weighted by Crippen LogP contribution is 2.52. The van der Waals surface area contributed by atoms with E-state index in [1.165, 1.54) is 9.80 Å². The Balaban J connectivity index is 1.75. The predicted molar refractivity (Wildman–Crippen MR) is 128 cm³/mol. The van der Waals surface area contributed by atoms with Crippen LogP contribution in [0.2, 0.25) is 0 Å². The van der Waals surface area contributed by atoms with Crippen LogP contribution in [0.4, 0.5) is 11.4 Å². The van der Waals surface area contributed by atoms with Gasteiger partial charge in [-0.15, -0.1) is 0 Å². The molecule has 0 N–H and O–H groups in total. The van der Waals surface area contributed by atoms with Gasteiger partial charge in [0.15, 0.2) is 9.84 Å². The second-order valence-electron chi connectivity index (χ2n) is 8.88. The molecule has 7 heteroatoms. The van der Waals surface area contributed by atoms with Crippen molar-refractivity contribution in [3.05, 3.63) is 94.5 Å². The van der Waals surface area contributed by atoms with Gasteiger partial charge in [0.25, 0.3) is 10.8 Å². The molecule has 6 nitrogen and oxygen atoms in total. The molecule has 0 aromatic heterocycles. The maximum Gasteiger partial charge on any atom is 0.274 e. The van der Waals surface area contributed by atoms with Crippen LogP contribution in [0, 0.1) is 20.8 Å². The molecule has 3 aromatic rings. The first-order valence-electron chi connectivity index (χ1n) is 10.8. The van der Waals surface area contributed by atoms with Crippen molar-refractivity contribution in [2.45, 2.75) is 32.2 Å². The summed E-state index contributed by atoms with van der Waals surface area (Å²) < 4.78 is 27.3. The lowest BCUT2D eigenvalue weighted by Gasteiger charge is -2.33. The zero-order chi connectivity index (χ0) is 23.5. The molecule has 1 fully saturated rings. The van der Waals surface area contributed by atoms with Crippen molar-refractivity contribution in [1.29, 1.82) is 0 Å². The standard InChI is InChI=1S/C26H24N2O4S/c1-17-7-6-8-20(12-17)15-27-23-10-5-4-9-22(23)26(25(27)30)28(24(29)16-33(26,31)32)21-13-18(2)11-19(3)14-21/h4-14H,15-16H2,1-3H3/t26-/m0/s1. The van der Waals surface area contributed by atoms with Gasteiger partial charge in [0.1, 0.15) is 5.75 Å². The minimum Gasteiger partial charge on any atom is -0.304 e. The molecule has 2 heterocycles. The largest absolute Gasteiger partial charge is 0.304 e. The third kappa shape index (κ3) is 3.03. The summed E-state index contributed by atoms with van der Waals surface area (Å²) >= 11 is 0. The van der Waals surface area contributed by atoms with E-state index in [2.05, 4.69) is 0 Å². The minimum atomic E-state index is -4.17. The van der Waals surface area contributed by atoms with Crippen LogP contribution in [-0.4, -0.2) is 26.0 Å². The Hall–Kier alpha value is -3.45. The van der Waals surface area contributed by atoms with Crippen molar-refractivity contribution in [3.63, 3.8) is 0 Å². The highest BCUT2D eigenvalue weighted by Gasteiger charge is 2.69. The number of nitrogens with zero attached hydrogens (tertiary/aromatic N) is 2. The Kier molecular flexibility index (Phi) is 4.72. The van der Waals surface area contributed by atoms with E-state index in [0.29, 0.717) is 16.9 Å². The average Bonchev–Trinajstić information content (AvgIpc) is 3.10. The summed E-state index contributed by atoms with van der Waals surface area (Å²) in [7, 11) is -4.17. The van der Waals surface area contributed by atoms with Crippen LogP contribution in [0.25, 0.3) is 0 Å². The number of fused-ring (bicyclic) bond motifs is 2. The van der Waals surface area contributed by atoms with Gasteiger partial charge in [0.05, 0.1) is 12.2 Å². The molecule has 0 saturated carbocycles. The molecule has 2 aliphatic heterocycles. The maximum absolute atomic E-state index is 14.1. The fourth-order valence-corrected chi connectivity index (χ4v) is 7.15. The Morgan fingerprint density at radius 1 is 0.848 bits per heavy atom. The quantitative estimate of drug-likeness (QED) is 0.596. The maximum atomic E-state index is 14.1. The van der Waals surface area contributed by atoms with Crippen molar-refractivity contribution in [2.24, 2.45) is 0 Å². The van der Waals surface area contributed by atoms with Crippen molar-refractivity contribution in [1.82, 2.24) is 0 Å². The monoisotopic (exact) mass is 460 g/mol. The van der Waals surface area contributed by atoms with Gasteiger partial charge in [-0.1, -0.05) is 54.1 Å². The third-order valence-corrected chi connectivity index (χ3v) is 8.41. The molecule has 1 spiro atoms. The second-order valence-corrected chi connectivity index (χ2v) is 11.0. The molecular weight excluding hydrogens is 436 g/mol. The van der Waals surface area contributed by atoms with Gasteiger partial charge in [-0.25, -0.2) is 8.42 Å². The van der Waals surface area contributed by atoms with Gasteiger partial charge < -0.3 is 4.90 Å². The number of hydrogen-bond donors (Lipinski definition) is 0. The minimum absolute atomic E-state index is 0.212. The number of sulfone groups is 1. The zero-order valence-electron chi connectivity index (χ0n) is 18.7. The van der Waals surface area contributed by atoms with Crippen molar-refractivity contribution in [3.8, 4) is 0 Å². The SMILES string of the molecule is Cc1cccc(CN2C(=O)[C@@]3(c4ccccc42)N(c2cc(C)cc(C)c2)C(=O)CS3(=O)=O)c1.